The Balaban J connectivity index is 4.72. The SMILES string of the molecule is CC(C)=C(NC(C)C(C)C)/C(C)=C\CCN. The summed E-state index contributed by atoms with van der Waals surface area (Å²) >= 11 is 0. The molecule has 3 N–H and O–H groups in total. The van der Waals surface area contributed by atoms with Crippen LogP contribution in [0.3, 0.4) is 0 Å². The Morgan fingerprint density at radius 1 is 1.19 bits per heavy atom. The molecule has 0 fully saturated rings. The van der Waals surface area contributed by atoms with Crippen molar-refractivity contribution < 1.29 is 0 Å². The molecule has 0 aliphatic heterocycles. The Hall–Kier alpha value is -0.760. The molecule has 0 saturated heterocycles. The smallest absolute Gasteiger partial charge is 0.0355 e. The van der Waals surface area contributed by atoms with Crippen LogP contribution in [0.4, 0.5) is 0 Å². The van der Waals surface area contributed by atoms with Gasteiger partial charge in [-0.2, -0.15) is 0 Å². The summed E-state index contributed by atoms with van der Waals surface area (Å²) in [5, 5.41) is 3.60. The van der Waals surface area contributed by atoms with Crippen LogP contribution in [-0.4, -0.2) is 12.6 Å². The first-order valence-electron chi connectivity index (χ1n) is 6.21. The lowest BCUT2D eigenvalue weighted by atomic mass is 10.0. The molecule has 0 aliphatic carbocycles. The van der Waals surface area contributed by atoms with Crippen molar-refractivity contribution in [1.82, 2.24) is 5.32 Å². The van der Waals surface area contributed by atoms with Crippen molar-refractivity contribution in [2.75, 3.05) is 6.54 Å². The molecule has 0 bridgehead atoms. The van der Waals surface area contributed by atoms with Gasteiger partial charge in [0.1, 0.15) is 0 Å². The maximum Gasteiger partial charge on any atom is 0.0355 e. The van der Waals surface area contributed by atoms with Gasteiger partial charge >= 0.3 is 0 Å². The fourth-order valence-corrected chi connectivity index (χ4v) is 1.45. The van der Waals surface area contributed by atoms with E-state index in [1.54, 1.807) is 0 Å². The Kier molecular flexibility index (Phi) is 7.15. The van der Waals surface area contributed by atoms with Crippen LogP contribution >= 0.6 is 0 Å². The van der Waals surface area contributed by atoms with Crippen LogP contribution in [0.1, 0.15) is 48.0 Å². The summed E-state index contributed by atoms with van der Waals surface area (Å²) in [6.45, 7) is 13.9. The normalized spacial score (nSPS) is 13.9. The highest BCUT2D eigenvalue weighted by atomic mass is 14.9. The summed E-state index contributed by atoms with van der Waals surface area (Å²) in [7, 11) is 0. The molecule has 0 aromatic carbocycles. The average molecular weight is 224 g/mol. The molecule has 0 heterocycles. The summed E-state index contributed by atoms with van der Waals surface area (Å²) in [5.74, 6) is 0.636. The van der Waals surface area contributed by atoms with Crippen molar-refractivity contribution in [3.8, 4) is 0 Å². The molecular weight excluding hydrogens is 196 g/mol. The van der Waals surface area contributed by atoms with Crippen molar-refractivity contribution in [3.05, 3.63) is 22.9 Å². The third-order valence-electron chi connectivity index (χ3n) is 2.88. The molecule has 0 saturated carbocycles. The topological polar surface area (TPSA) is 38.0 Å². The number of hydrogen-bond donors (Lipinski definition) is 2. The minimum absolute atomic E-state index is 0.492. The molecular formula is C14H28N2. The Morgan fingerprint density at radius 2 is 1.75 bits per heavy atom. The van der Waals surface area contributed by atoms with Crippen LogP contribution < -0.4 is 11.1 Å². The van der Waals surface area contributed by atoms with Gasteiger partial charge in [-0.3, -0.25) is 0 Å². The van der Waals surface area contributed by atoms with Crippen LogP contribution in [-0.2, 0) is 0 Å². The standard InChI is InChI=1S/C14H28N2/c1-10(2)13(6)16-14(11(3)4)12(5)8-7-9-15/h8,10,13,16H,7,9,15H2,1-6H3/b12-8-. The van der Waals surface area contributed by atoms with E-state index in [-0.39, 0.29) is 0 Å². The first kappa shape index (κ1) is 15.2. The van der Waals surface area contributed by atoms with Crippen LogP contribution in [0.2, 0.25) is 0 Å². The van der Waals surface area contributed by atoms with Gasteiger partial charge in [0, 0.05) is 11.7 Å². The van der Waals surface area contributed by atoms with Gasteiger partial charge < -0.3 is 11.1 Å². The summed E-state index contributed by atoms with van der Waals surface area (Å²) in [4.78, 5) is 0. The zero-order valence-electron chi connectivity index (χ0n) is 11.7. The molecule has 0 radical (unpaired) electrons. The Bertz CT molecular complexity index is 258. The second-order valence-electron chi connectivity index (χ2n) is 5.02. The second kappa shape index (κ2) is 7.50. The number of allylic oxidation sites excluding steroid dienone is 2. The number of nitrogens with two attached hydrogens (primary N) is 1. The number of nitrogens with one attached hydrogen (secondary N) is 1. The zero-order valence-corrected chi connectivity index (χ0v) is 11.7. The van der Waals surface area contributed by atoms with Gasteiger partial charge in [-0.05, 0) is 52.2 Å². The quantitative estimate of drug-likeness (QED) is 0.680. The average Bonchev–Trinajstić information content (AvgIpc) is 2.21. The van der Waals surface area contributed by atoms with E-state index >= 15 is 0 Å². The molecule has 16 heavy (non-hydrogen) atoms. The summed E-state index contributed by atoms with van der Waals surface area (Å²) in [6, 6.07) is 0.492. The molecule has 1 unspecified atom stereocenters. The van der Waals surface area contributed by atoms with Crippen molar-refractivity contribution >= 4 is 0 Å². The maximum absolute atomic E-state index is 5.52. The van der Waals surface area contributed by atoms with Gasteiger partial charge in [0.25, 0.3) is 0 Å². The van der Waals surface area contributed by atoms with Crippen LogP contribution in [0.5, 0.6) is 0 Å². The largest absolute Gasteiger partial charge is 0.382 e. The summed E-state index contributed by atoms with van der Waals surface area (Å²) in [5.41, 5.74) is 9.43. The van der Waals surface area contributed by atoms with E-state index in [1.807, 2.05) is 0 Å². The third kappa shape index (κ3) is 5.36. The minimum atomic E-state index is 0.492. The molecule has 0 aromatic rings. The van der Waals surface area contributed by atoms with E-state index in [9.17, 15) is 0 Å². The molecule has 2 nitrogen and oxygen atoms in total. The summed E-state index contributed by atoms with van der Waals surface area (Å²) < 4.78 is 0. The van der Waals surface area contributed by atoms with Crippen molar-refractivity contribution in [2.24, 2.45) is 11.7 Å². The number of rotatable bonds is 6. The van der Waals surface area contributed by atoms with E-state index < -0.39 is 0 Å². The monoisotopic (exact) mass is 224 g/mol. The van der Waals surface area contributed by atoms with E-state index in [0.717, 1.165) is 6.42 Å². The Labute approximate surface area is 101 Å². The van der Waals surface area contributed by atoms with Gasteiger partial charge in [-0.15, -0.1) is 0 Å². The molecule has 94 valence electrons. The first-order chi connectivity index (χ1) is 7.40. The lowest BCUT2D eigenvalue weighted by Gasteiger charge is -2.23. The lowest BCUT2D eigenvalue weighted by Crippen LogP contribution is -2.31. The highest BCUT2D eigenvalue weighted by Gasteiger charge is 2.10. The zero-order chi connectivity index (χ0) is 12.7. The van der Waals surface area contributed by atoms with Gasteiger partial charge in [-0.25, -0.2) is 0 Å². The van der Waals surface area contributed by atoms with Gasteiger partial charge in [0.15, 0.2) is 0 Å². The molecule has 0 rings (SSSR count). The molecule has 2 heteroatoms. The number of hydrogen-bond acceptors (Lipinski definition) is 2. The minimum Gasteiger partial charge on any atom is -0.382 e. The molecule has 0 amide bonds. The van der Waals surface area contributed by atoms with Crippen LogP contribution in [0.25, 0.3) is 0 Å². The van der Waals surface area contributed by atoms with Gasteiger partial charge in [-0.1, -0.05) is 25.5 Å². The van der Waals surface area contributed by atoms with Gasteiger partial charge in [0.05, 0.1) is 0 Å². The van der Waals surface area contributed by atoms with E-state index in [4.69, 9.17) is 5.73 Å². The van der Waals surface area contributed by atoms with Crippen LogP contribution in [0, 0.1) is 5.92 Å². The van der Waals surface area contributed by atoms with Crippen molar-refractivity contribution in [2.45, 2.75) is 54.0 Å². The second-order valence-corrected chi connectivity index (χ2v) is 5.02. The van der Waals surface area contributed by atoms with Crippen LogP contribution in [0.15, 0.2) is 22.9 Å². The third-order valence-corrected chi connectivity index (χ3v) is 2.88. The van der Waals surface area contributed by atoms with Crippen molar-refractivity contribution in [1.29, 1.82) is 0 Å². The lowest BCUT2D eigenvalue weighted by molar-refractivity contribution is 0.462. The molecule has 1 atom stereocenters. The highest BCUT2D eigenvalue weighted by Crippen LogP contribution is 2.14. The van der Waals surface area contributed by atoms with E-state index in [2.05, 4.69) is 52.9 Å². The molecule has 0 aromatic heterocycles. The van der Waals surface area contributed by atoms with E-state index in [1.165, 1.54) is 16.8 Å². The maximum atomic E-state index is 5.52. The van der Waals surface area contributed by atoms with E-state index in [0.29, 0.717) is 18.5 Å². The predicted molar refractivity (Wildman–Crippen MR) is 73.2 cm³/mol. The first-order valence-corrected chi connectivity index (χ1v) is 6.21. The van der Waals surface area contributed by atoms with Gasteiger partial charge in [0.2, 0.25) is 0 Å². The molecule has 0 spiro atoms. The predicted octanol–water partition coefficient (Wildman–Crippen LogP) is 3.21. The fourth-order valence-electron chi connectivity index (χ4n) is 1.45. The highest BCUT2D eigenvalue weighted by molar-refractivity contribution is 5.31. The fraction of sp³-hybridized carbons (Fsp3) is 0.714. The van der Waals surface area contributed by atoms with Crippen molar-refractivity contribution in [3.63, 3.8) is 0 Å². The Morgan fingerprint density at radius 3 is 2.12 bits per heavy atom. The summed E-state index contributed by atoms with van der Waals surface area (Å²) in [6.07, 6.45) is 3.16. The molecule has 0 aliphatic rings.